The van der Waals surface area contributed by atoms with Gasteiger partial charge in [0, 0.05) is 62.6 Å². The smallest absolute Gasteiger partial charge is 0.355 e. The zero-order valence-corrected chi connectivity index (χ0v) is 41.9. The van der Waals surface area contributed by atoms with Crippen molar-refractivity contribution >= 4 is 73.0 Å². The van der Waals surface area contributed by atoms with Gasteiger partial charge in [0.1, 0.15) is 11.6 Å². The van der Waals surface area contributed by atoms with Crippen molar-refractivity contribution < 1.29 is 33.8 Å². The standard InChI is InChI=1S/C57H58N8O7S/c1-33-39(40-20-22-49(59-53(40)56(70)71)65-30-27-36-7-5-9-41(44(36)32-65)54(68)61-57-58-45-10-3-4-12-48(45)73-57)8-6-11-47(33)72-38-17-13-34(14-18-38)15-24-51(67)64-28-25-35(26-29-64)37-16-19-42-46(31-37)63(2)62-52(42)43-21-23-50(66)60-55(43)69/h3-12,16,19-20,22,31,34-35,38,43H,13-15,17-18,21,23-30,32H2,1-2H3,(H,70,71)(H,58,61,68)(H,60,66,69)/t34-,38-,43?. The van der Waals surface area contributed by atoms with Gasteiger partial charge in [0.25, 0.3) is 5.91 Å². The average molecular weight is 999 g/mol. The molecule has 0 radical (unpaired) electrons. The number of carboxylic acids is 1. The molecule has 0 bridgehead atoms. The van der Waals surface area contributed by atoms with Gasteiger partial charge in [-0.25, -0.2) is 14.8 Å². The molecule has 6 heterocycles. The van der Waals surface area contributed by atoms with E-state index in [4.69, 9.17) is 14.8 Å². The summed E-state index contributed by atoms with van der Waals surface area (Å²) < 4.78 is 9.47. The van der Waals surface area contributed by atoms with E-state index in [2.05, 4.69) is 33.8 Å². The van der Waals surface area contributed by atoms with Gasteiger partial charge in [-0.15, -0.1) is 0 Å². The number of para-hydroxylation sites is 1. The zero-order chi connectivity index (χ0) is 50.3. The van der Waals surface area contributed by atoms with Crippen molar-refractivity contribution in [2.75, 3.05) is 29.9 Å². The number of carbonyl (C=O) groups is 5. The third kappa shape index (κ3) is 9.79. The molecule has 4 aliphatic rings. The van der Waals surface area contributed by atoms with Crippen molar-refractivity contribution in [3.8, 4) is 16.9 Å². The summed E-state index contributed by atoms with van der Waals surface area (Å²) in [6.45, 7) is 4.44. The van der Waals surface area contributed by atoms with Gasteiger partial charge in [-0.3, -0.25) is 34.5 Å². The van der Waals surface area contributed by atoms with Crippen LogP contribution in [-0.2, 0) is 34.4 Å². The Morgan fingerprint density at radius 2 is 1.66 bits per heavy atom. The highest BCUT2D eigenvalue weighted by molar-refractivity contribution is 7.22. The number of piperidine rings is 2. The van der Waals surface area contributed by atoms with Gasteiger partial charge < -0.3 is 19.6 Å². The first kappa shape index (κ1) is 47.8. The quantitative estimate of drug-likeness (QED) is 0.0989. The summed E-state index contributed by atoms with van der Waals surface area (Å²) >= 11 is 1.43. The van der Waals surface area contributed by atoms with Crippen molar-refractivity contribution in [2.24, 2.45) is 13.0 Å². The summed E-state index contributed by atoms with van der Waals surface area (Å²) in [6, 6.07) is 29.4. The first-order chi connectivity index (χ1) is 35.4. The van der Waals surface area contributed by atoms with E-state index in [-0.39, 0.29) is 35.4 Å². The minimum Gasteiger partial charge on any atom is -0.490 e. The van der Waals surface area contributed by atoms with Crippen molar-refractivity contribution in [3.63, 3.8) is 0 Å². The number of thiazole rings is 1. The van der Waals surface area contributed by atoms with E-state index in [1.807, 2.05) is 101 Å². The Kier molecular flexibility index (Phi) is 13.2. The molecule has 15 nitrogen and oxygen atoms in total. The normalized spacial score (nSPS) is 19.5. The summed E-state index contributed by atoms with van der Waals surface area (Å²) in [4.78, 5) is 77.8. The number of amides is 4. The number of rotatable bonds is 12. The molecule has 1 aliphatic carbocycles. The fourth-order valence-corrected chi connectivity index (χ4v) is 12.4. The predicted octanol–water partition coefficient (Wildman–Crippen LogP) is 9.71. The molecule has 4 amide bonds. The van der Waals surface area contributed by atoms with E-state index in [0.717, 1.165) is 107 Å². The van der Waals surface area contributed by atoms with Gasteiger partial charge in [-0.1, -0.05) is 59.9 Å². The van der Waals surface area contributed by atoms with Crippen LogP contribution >= 0.6 is 11.3 Å². The van der Waals surface area contributed by atoms with Crippen LogP contribution in [0.4, 0.5) is 10.9 Å². The van der Waals surface area contributed by atoms with Crippen molar-refractivity contribution in [1.82, 2.24) is 30.0 Å². The highest BCUT2D eigenvalue weighted by Crippen LogP contribution is 2.39. The van der Waals surface area contributed by atoms with Gasteiger partial charge in [-0.2, -0.15) is 5.10 Å². The number of likely N-dealkylation sites (tertiary alicyclic amines) is 1. The molecular weight excluding hydrogens is 941 g/mol. The largest absolute Gasteiger partial charge is 0.490 e. The molecule has 3 aliphatic heterocycles. The summed E-state index contributed by atoms with van der Waals surface area (Å²) in [5.41, 5.74) is 8.32. The lowest BCUT2D eigenvalue weighted by Gasteiger charge is -2.33. The second-order valence-corrected chi connectivity index (χ2v) is 21.1. The van der Waals surface area contributed by atoms with Crippen molar-refractivity contribution in [2.45, 2.75) is 102 Å². The van der Waals surface area contributed by atoms with E-state index in [1.54, 1.807) is 0 Å². The third-order valence-electron chi connectivity index (χ3n) is 15.7. The molecule has 11 rings (SSSR count). The molecule has 7 aromatic rings. The SMILES string of the molecule is Cc1c(O[C@H]2CC[C@H](CCC(=O)N3CCC(c4ccc5c(C6CCC(=O)NC6=O)nn(C)c5c4)CC3)CC2)cccc1-c1ccc(N2CCc3cccc(C(=O)Nc4nc5ccccc5s4)c3C2)nc1C(=O)O. The van der Waals surface area contributed by atoms with E-state index >= 15 is 0 Å². The Labute approximate surface area is 427 Å². The molecule has 374 valence electrons. The molecule has 3 fully saturated rings. The number of anilines is 2. The number of aromatic nitrogens is 4. The van der Waals surface area contributed by atoms with Crippen LogP contribution in [0.2, 0.25) is 0 Å². The highest BCUT2D eigenvalue weighted by Gasteiger charge is 2.33. The van der Waals surface area contributed by atoms with Gasteiger partial charge in [0.15, 0.2) is 10.8 Å². The maximum absolute atomic E-state index is 13.7. The lowest BCUT2D eigenvalue weighted by Crippen LogP contribution is -2.39. The van der Waals surface area contributed by atoms with E-state index in [9.17, 15) is 29.1 Å². The second-order valence-electron chi connectivity index (χ2n) is 20.1. The molecule has 73 heavy (non-hydrogen) atoms. The minimum absolute atomic E-state index is 0.0177. The van der Waals surface area contributed by atoms with Gasteiger partial charge >= 0.3 is 5.97 Å². The van der Waals surface area contributed by atoms with Gasteiger partial charge in [0.2, 0.25) is 17.7 Å². The number of hydrogen-bond acceptors (Lipinski definition) is 11. The molecule has 3 N–H and O–H groups in total. The van der Waals surface area contributed by atoms with Gasteiger partial charge in [0.05, 0.1) is 33.4 Å². The third-order valence-corrected chi connectivity index (χ3v) is 16.6. The molecule has 1 saturated carbocycles. The summed E-state index contributed by atoms with van der Waals surface area (Å²) in [5.74, 6) is -0.0574. The molecule has 3 aromatic heterocycles. The van der Waals surface area contributed by atoms with Crippen LogP contribution in [0, 0.1) is 12.8 Å². The number of benzene rings is 4. The van der Waals surface area contributed by atoms with Crippen LogP contribution in [0.5, 0.6) is 5.75 Å². The lowest BCUT2D eigenvalue weighted by atomic mass is 9.84. The molecular formula is C57H58N8O7S. The number of carboxylic acid groups (broad SMARTS) is 1. The number of pyridine rings is 1. The Morgan fingerprint density at radius 3 is 2.45 bits per heavy atom. The van der Waals surface area contributed by atoms with Crippen LogP contribution in [-0.4, -0.2) is 85.1 Å². The number of ether oxygens (including phenoxy) is 1. The molecule has 16 heteroatoms. The predicted molar refractivity (Wildman–Crippen MR) is 280 cm³/mol. The number of imide groups is 1. The number of hydrogen-bond donors (Lipinski definition) is 3. The number of nitrogens with one attached hydrogen (secondary N) is 2. The van der Waals surface area contributed by atoms with Crippen LogP contribution in [0.15, 0.2) is 91.0 Å². The molecule has 1 unspecified atom stereocenters. The number of nitrogens with zero attached hydrogens (tertiary/aromatic N) is 6. The lowest BCUT2D eigenvalue weighted by molar-refractivity contribution is -0.134. The van der Waals surface area contributed by atoms with E-state index in [1.165, 1.54) is 16.9 Å². The molecule has 2 saturated heterocycles. The Morgan fingerprint density at radius 1 is 0.849 bits per heavy atom. The minimum atomic E-state index is -1.12. The molecule has 1 atom stereocenters. The van der Waals surface area contributed by atoms with Crippen LogP contribution in [0.3, 0.4) is 0 Å². The van der Waals surface area contributed by atoms with Gasteiger partial charge in [-0.05, 0) is 147 Å². The van der Waals surface area contributed by atoms with Crippen LogP contribution in [0.1, 0.15) is 125 Å². The summed E-state index contributed by atoms with van der Waals surface area (Å²) in [6.07, 6.45) is 8.37. The summed E-state index contributed by atoms with van der Waals surface area (Å²) in [5, 5.41) is 22.2. The molecule has 0 spiro atoms. The average Bonchev–Trinajstić information content (AvgIpc) is 3.97. The maximum Gasteiger partial charge on any atom is 0.355 e. The second kappa shape index (κ2) is 20.2. The first-order valence-electron chi connectivity index (χ1n) is 25.6. The number of aryl methyl sites for hydroxylation is 1. The Hall–Kier alpha value is -7.46. The topological polar surface area (TPSA) is 189 Å². The van der Waals surface area contributed by atoms with E-state index in [0.29, 0.717) is 78.4 Å². The highest BCUT2D eigenvalue weighted by atomic mass is 32.1. The number of carbonyl (C=O) groups excluding carboxylic acids is 4. The van der Waals surface area contributed by atoms with E-state index < -0.39 is 11.9 Å². The van der Waals surface area contributed by atoms with Crippen LogP contribution < -0.4 is 20.3 Å². The first-order valence-corrected chi connectivity index (χ1v) is 26.4. The van der Waals surface area contributed by atoms with Crippen molar-refractivity contribution in [1.29, 1.82) is 0 Å². The number of aromatic carboxylic acids is 1. The monoisotopic (exact) mass is 998 g/mol. The maximum atomic E-state index is 13.7. The zero-order valence-electron chi connectivity index (χ0n) is 41.1. The number of fused-ring (bicyclic) bond motifs is 3. The Balaban J connectivity index is 0.672. The fourth-order valence-electron chi connectivity index (χ4n) is 11.6. The molecule has 4 aromatic carbocycles. The van der Waals surface area contributed by atoms with Crippen molar-refractivity contribution in [3.05, 3.63) is 130 Å². The Bertz CT molecular complexity index is 3280. The fraction of sp³-hybridized carbons (Fsp3) is 0.368. The summed E-state index contributed by atoms with van der Waals surface area (Å²) in [7, 11) is 1.89. The van der Waals surface area contributed by atoms with Crippen LogP contribution in [0.25, 0.3) is 32.2 Å².